The standard InChI is InChI=1S/C14H23N3O/c1-11-10-17(2)7-6-13(11)15-8-12-4-5-14(18-3)16-9-12/h4-5,9,11,13,15H,6-8,10H2,1-3H3. The Morgan fingerprint density at radius 3 is 2.94 bits per heavy atom. The van der Waals surface area contributed by atoms with Crippen molar-refractivity contribution in [3.8, 4) is 5.88 Å². The Bertz CT molecular complexity index is 366. The van der Waals surface area contributed by atoms with E-state index in [-0.39, 0.29) is 0 Å². The third kappa shape index (κ3) is 3.43. The number of nitrogens with one attached hydrogen (secondary N) is 1. The van der Waals surface area contributed by atoms with Gasteiger partial charge in [-0.2, -0.15) is 0 Å². The van der Waals surface area contributed by atoms with Crippen molar-refractivity contribution in [2.24, 2.45) is 5.92 Å². The van der Waals surface area contributed by atoms with Crippen molar-refractivity contribution in [2.45, 2.75) is 25.9 Å². The third-order valence-corrected chi connectivity index (χ3v) is 3.68. The molecule has 18 heavy (non-hydrogen) atoms. The second-order valence-electron chi connectivity index (χ2n) is 5.22. The van der Waals surface area contributed by atoms with Crippen LogP contribution in [0.15, 0.2) is 18.3 Å². The van der Waals surface area contributed by atoms with Crippen molar-refractivity contribution in [3.05, 3.63) is 23.9 Å². The zero-order chi connectivity index (χ0) is 13.0. The van der Waals surface area contributed by atoms with Gasteiger partial charge in [-0.05, 0) is 31.5 Å². The maximum atomic E-state index is 5.06. The maximum Gasteiger partial charge on any atom is 0.212 e. The molecule has 0 spiro atoms. The highest BCUT2D eigenvalue weighted by molar-refractivity contribution is 5.17. The lowest BCUT2D eigenvalue weighted by Gasteiger charge is -2.35. The van der Waals surface area contributed by atoms with Crippen LogP contribution in [0.1, 0.15) is 18.9 Å². The fraction of sp³-hybridized carbons (Fsp3) is 0.643. The second-order valence-corrected chi connectivity index (χ2v) is 5.22. The quantitative estimate of drug-likeness (QED) is 0.878. The minimum atomic E-state index is 0.614. The Hall–Kier alpha value is -1.13. The van der Waals surface area contributed by atoms with Gasteiger partial charge in [0.15, 0.2) is 0 Å². The van der Waals surface area contributed by atoms with Gasteiger partial charge in [-0.3, -0.25) is 0 Å². The van der Waals surface area contributed by atoms with Gasteiger partial charge in [-0.25, -0.2) is 4.98 Å². The lowest BCUT2D eigenvalue weighted by molar-refractivity contribution is 0.174. The van der Waals surface area contributed by atoms with Crippen molar-refractivity contribution in [2.75, 3.05) is 27.2 Å². The molecule has 0 aliphatic carbocycles. The van der Waals surface area contributed by atoms with Gasteiger partial charge in [0.2, 0.25) is 5.88 Å². The van der Waals surface area contributed by atoms with E-state index in [1.54, 1.807) is 7.11 Å². The molecule has 100 valence electrons. The average molecular weight is 249 g/mol. The number of aromatic nitrogens is 1. The first-order chi connectivity index (χ1) is 8.69. The van der Waals surface area contributed by atoms with Gasteiger partial charge in [0.1, 0.15) is 0 Å². The van der Waals surface area contributed by atoms with Crippen LogP contribution in [0.25, 0.3) is 0 Å². The molecule has 2 rings (SSSR count). The van der Waals surface area contributed by atoms with Gasteiger partial charge in [0, 0.05) is 31.4 Å². The summed E-state index contributed by atoms with van der Waals surface area (Å²) in [6.07, 6.45) is 3.10. The third-order valence-electron chi connectivity index (χ3n) is 3.68. The molecule has 1 aromatic rings. The summed E-state index contributed by atoms with van der Waals surface area (Å²) in [7, 11) is 3.83. The molecule has 1 saturated heterocycles. The summed E-state index contributed by atoms with van der Waals surface area (Å²) < 4.78 is 5.06. The molecule has 2 unspecified atom stereocenters. The predicted octanol–water partition coefficient (Wildman–Crippen LogP) is 1.52. The Labute approximate surface area is 109 Å². The van der Waals surface area contributed by atoms with Crippen LogP contribution >= 0.6 is 0 Å². The molecule has 1 fully saturated rings. The molecular formula is C14H23N3O. The zero-order valence-electron chi connectivity index (χ0n) is 11.5. The molecule has 2 heterocycles. The largest absolute Gasteiger partial charge is 0.481 e. The van der Waals surface area contributed by atoms with E-state index < -0.39 is 0 Å². The topological polar surface area (TPSA) is 37.4 Å². The summed E-state index contributed by atoms with van der Waals surface area (Å²) in [6.45, 7) is 5.57. The first-order valence-electron chi connectivity index (χ1n) is 6.60. The molecule has 4 heteroatoms. The summed E-state index contributed by atoms with van der Waals surface area (Å²) in [5.41, 5.74) is 1.21. The van der Waals surface area contributed by atoms with E-state index in [2.05, 4.69) is 35.2 Å². The highest BCUT2D eigenvalue weighted by Crippen LogP contribution is 2.16. The van der Waals surface area contributed by atoms with Crippen LogP contribution in [-0.2, 0) is 6.54 Å². The van der Waals surface area contributed by atoms with Crippen LogP contribution < -0.4 is 10.1 Å². The molecule has 0 saturated carbocycles. The van der Waals surface area contributed by atoms with Crippen LogP contribution in [0, 0.1) is 5.92 Å². The van der Waals surface area contributed by atoms with Crippen LogP contribution in [0.3, 0.4) is 0 Å². The van der Waals surface area contributed by atoms with Gasteiger partial charge in [-0.1, -0.05) is 13.0 Å². The summed E-state index contributed by atoms with van der Waals surface area (Å²) in [5.74, 6) is 1.38. The average Bonchev–Trinajstić information content (AvgIpc) is 2.38. The Kier molecular flexibility index (Phi) is 4.55. The van der Waals surface area contributed by atoms with Crippen LogP contribution in [-0.4, -0.2) is 43.2 Å². The Morgan fingerprint density at radius 2 is 2.33 bits per heavy atom. The van der Waals surface area contributed by atoms with Crippen LogP contribution in [0.2, 0.25) is 0 Å². The molecule has 1 aromatic heterocycles. The summed E-state index contributed by atoms with van der Waals surface area (Å²) in [4.78, 5) is 6.62. The first kappa shape index (κ1) is 13.3. The molecule has 0 amide bonds. The number of hydrogen-bond donors (Lipinski definition) is 1. The molecule has 0 aromatic carbocycles. The molecule has 0 radical (unpaired) electrons. The van der Waals surface area contributed by atoms with E-state index >= 15 is 0 Å². The van der Waals surface area contributed by atoms with E-state index in [1.165, 1.54) is 25.1 Å². The first-order valence-corrected chi connectivity index (χ1v) is 6.60. The van der Waals surface area contributed by atoms with Gasteiger partial charge in [0.25, 0.3) is 0 Å². The van der Waals surface area contributed by atoms with Crippen molar-refractivity contribution >= 4 is 0 Å². The number of rotatable bonds is 4. The molecule has 2 atom stereocenters. The van der Waals surface area contributed by atoms with E-state index in [0.717, 1.165) is 6.54 Å². The van der Waals surface area contributed by atoms with Crippen molar-refractivity contribution in [3.63, 3.8) is 0 Å². The number of methoxy groups -OCH3 is 1. The molecule has 0 bridgehead atoms. The van der Waals surface area contributed by atoms with Crippen LogP contribution in [0.5, 0.6) is 5.88 Å². The van der Waals surface area contributed by atoms with Gasteiger partial charge >= 0.3 is 0 Å². The monoisotopic (exact) mass is 249 g/mol. The van der Waals surface area contributed by atoms with E-state index in [9.17, 15) is 0 Å². The van der Waals surface area contributed by atoms with Crippen molar-refractivity contribution < 1.29 is 4.74 Å². The second kappa shape index (κ2) is 6.16. The number of piperidine rings is 1. The highest BCUT2D eigenvalue weighted by atomic mass is 16.5. The number of ether oxygens (including phenoxy) is 1. The Morgan fingerprint density at radius 1 is 1.50 bits per heavy atom. The summed E-state index contributed by atoms with van der Waals surface area (Å²) >= 11 is 0. The van der Waals surface area contributed by atoms with E-state index in [1.807, 2.05) is 12.3 Å². The van der Waals surface area contributed by atoms with E-state index in [4.69, 9.17) is 4.74 Å². The normalized spacial score (nSPS) is 25.1. The number of nitrogens with zero attached hydrogens (tertiary/aromatic N) is 2. The molecular weight excluding hydrogens is 226 g/mol. The van der Waals surface area contributed by atoms with Crippen LogP contribution in [0.4, 0.5) is 0 Å². The smallest absolute Gasteiger partial charge is 0.212 e. The number of hydrogen-bond acceptors (Lipinski definition) is 4. The summed E-state index contributed by atoms with van der Waals surface area (Å²) in [6, 6.07) is 4.59. The van der Waals surface area contributed by atoms with Gasteiger partial charge in [-0.15, -0.1) is 0 Å². The molecule has 1 N–H and O–H groups in total. The van der Waals surface area contributed by atoms with E-state index in [0.29, 0.717) is 17.8 Å². The maximum absolute atomic E-state index is 5.06. The number of likely N-dealkylation sites (tertiary alicyclic amines) is 1. The predicted molar refractivity (Wildman–Crippen MR) is 72.7 cm³/mol. The minimum Gasteiger partial charge on any atom is -0.481 e. The SMILES string of the molecule is COc1ccc(CNC2CCN(C)CC2C)cn1. The fourth-order valence-corrected chi connectivity index (χ4v) is 2.54. The highest BCUT2D eigenvalue weighted by Gasteiger charge is 2.23. The number of pyridine rings is 1. The minimum absolute atomic E-state index is 0.614. The lowest BCUT2D eigenvalue weighted by Crippen LogP contribution is -2.46. The van der Waals surface area contributed by atoms with Gasteiger partial charge in [0.05, 0.1) is 7.11 Å². The molecule has 4 nitrogen and oxygen atoms in total. The lowest BCUT2D eigenvalue weighted by atomic mass is 9.94. The fourth-order valence-electron chi connectivity index (χ4n) is 2.54. The Balaban J connectivity index is 1.83. The molecule has 1 aliphatic heterocycles. The van der Waals surface area contributed by atoms with Crippen molar-refractivity contribution in [1.82, 2.24) is 15.2 Å². The molecule has 1 aliphatic rings. The van der Waals surface area contributed by atoms with Gasteiger partial charge < -0.3 is 15.0 Å². The zero-order valence-corrected chi connectivity index (χ0v) is 11.5. The van der Waals surface area contributed by atoms with Crippen molar-refractivity contribution in [1.29, 1.82) is 0 Å². The summed E-state index contributed by atoms with van der Waals surface area (Å²) in [5, 5.41) is 3.64.